The number of amides is 1. The van der Waals surface area contributed by atoms with Crippen LogP contribution in [0.3, 0.4) is 0 Å². The normalized spacial score (nSPS) is 17.7. The van der Waals surface area contributed by atoms with Crippen molar-refractivity contribution in [3.8, 4) is 17.2 Å². The molecule has 1 unspecified atom stereocenters. The van der Waals surface area contributed by atoms with Crippen molar-refractivity contribution in [2.24, 2.45) is 0 Å². The van der Waals surface area contributed by atoms with Gasteiger partial charge in [-0.2, -0.15) is 0 Å². The van der Waals surface area contributed by atoms with Crippen LogP contribution in [0.5, 0.6) is 5.75 Å². The number of aromatic nitrogens is 2. The Labute approximate surface area is 158 Å². The molecule has 1 atom stereocenters. The fourth-order valence-corrected chi connectivity index (χ4v) is 4.25. The van der Waals surface area contributed by atoms with Crippen LogP contribution in [0.2, 0.25) is 0 Å². The minimum absolute atomic E-state index is 0.0596. The lowest BCUT2D eigenvalue weighted by Gasteiger charge is -2.35. The summed E-state index contributed by atoms with van der Waals surface area (Å²) in [6.07, 6.45) is 3.67. The smallest absolute Gasteiger partial charge is 0.336 e. The van der Waals surface area contributed by atoms with Crippen molar-refractivity contribution < 1.29 is 22.4 Å². The highest BCUT2D eigenvalue weighted by molar-refractivity contribution is 7.91. The average molecular weight is 393 g/mol. The van der Waals surface area contributed by atoms with Gasteiger partial charge in [0.15, 0.2) is 0 Å². The summed E-state index contributed by atoms with van der Waals surface area (Å²) in [4.78, 5) is 14.2. The summed E-state index contributed by atoms with van der Waals surface area (Å²) >= 11 is 0. The van der Waals surface area contributed by atoms with E-state index in [0.717, 1.165) is 25.7 Å². The Bertz CT molecular complexity index is 909. The topological polar surface area (TPSA) is 103 Å². The van der Waals surface area contributed by atoms with E-state index in [4.69, 9.17) is 9.15 Å². The molecule has 8 nitrogen and oxygen atoms in total. The molecule has 27 heavy (non-hydrogen) atoms. The van der Waals surface area contributed by atoms with E-state index in [2.05, 4.69) is 10.2 Å². The lowest BCUT2D eigenvalue weighted by atomic mass is 10.0. The van der Waals surface area contributed by atoms with E-state index in [9.17, 15) is 13.2 Å². The van der Waals surface area contributed by atoms with Crippen molar-refractivity contribution in [1.82, 2.24) is 15.1 Å². The highest BCUT2D eigenvalue weighted by Crippen LogP contribution is 2.25. The number of nitrogens with zero attached hydrogens (tertiary/aromatic N) is 3. The molecule has 0 N–H and O–H groups in total. The molecule has 2 aromatic rings. The van der Waals surface area contributed by atoms with Crippen molar-refractivity contribution in [2.75, 3.05) is 19.4 Å². The van der Waals surface area contributed by atoms with Crippen molar-refractivity contribution >= 4 is 15.7 Å². The number of carbonyl (C=O) groups excluding carboxylic acids is 1. The maximum absolute atomic E-state index is 12.6. The molecular formula is C18H23N3O5S. The van der Waals surface area contributed by atoms with E-state index in [1.54, 1.807) is 29.2 Å². The third-order valence-electron chi connectivity index (χ3n) is 4.72. The van der Waals surface area contributed by atoms with Gasteiger partial charge in [0, 0.05) is 18.2 Å². The molecule has 3 rings (SSSR count). The van der Waals surface area contributed by atoms with Gasteiger partial charge in [-0.3, -0.25) is 4.79 Å². The minimum Gasteiger partial charge on any atom is -0.497 e. The van der Waals surface area contributed by atoms with E-state index in [0.29, 0.717) is 17.9 Å². The SMILES string of the molecule is CCC1CCCCN1C(=O)CS(=O)(=O)c1nnc(-c2cccc(OC)c2)o1. The Hall–Kier alpha value is -2.42. The third kappa shape index (κ3) is 4.29. The number of carbonyl (C=O) groups is 1. The first-order valence-electron chi connectivity index (χ1n) is 8.94. The fourth-order valence-electron chi connectivity index (χ4n) is 3.27. The van der Waals surface area contributed by atoms with E-state index in [-0.39, 0.29) is 11.9 Å². The standard InChI is InChI=1S/C18H23N3O5S/c1-3-14-8-4-5-10-21(14)16(22)12-27(23,24)18-20-19-17(26-18)13-7-6-9-15(11-13)25-2/h6-7,9,11,14H,3-5,8,10,12H2,1-2H3. The Morgan fingerprint density at radius 3 is 2.89 bits per heavy atom. The summed E-state index contributed by atoms with van der Waals surface area (Å²) in [5, 5.41) is 6.90. The summed E-state index contributed by atoms with van der Waals surface area (Å²) in [6, 6.07) is 6.94. The Kier molecular flexibility index (Phi) is 5.79. The second-order valence-corrected chi connectivity index (χ2v) is 8.38. The molecule has 2 heterocycles. The molecule has 0 saturated carbocycles. The van der Waals surface area contributed by atoms with E-state index in [1.165, 1.54) is 7.11 Å². The Morgan fingerprint density at radius 1 is 1.33 bits per heavy atom. The van der Waals surface area contributed by atoms with Crippen LogP contribution in [-0.4, -0.2) is 54.9 Å². The van der Waals surface area contributed by atoms with Gasteiger partial charge in [-0.05, 0) is 43.9 Å². The predicted octanol–water partition coefficient (Wildman–Crippen LogP) is 2.31. The molecule has 0 radical (unpaired) electrons. The summed E-state index contributed by atoms with van der Waals surface area (Å²) in [7, 11) is -2.48. The summed E-state index contributed by atoms with van der Waals surface area (Å²) in [6.45, 7) is 2.59. The Balaban J connectivity index is 1.77. The van der Waals surface area contributed by atoms with Crippen LogP contribution < -0.4 is 4.74 Å². The van der Waals surface area contributed by atoms with Crippen LogP contribution in [0, 0.1) is 0 Å². The summed E-state index contributed by atoms with van der Waals surface area (Å²) in [5.74, 6) is -0.434. The van der Waals surface area contributed by atoms with Gasteiger partial charge >= 0.3 is 5.22 Å². The quantitative estimate of drug-likeness (QED) is 0.742. The monoisotopic (exact) mass is 393 g/mol. The first kappa shape index (κ1) is 19.3. The second kappa shape index (κ2) is 8.08. The van der Waals surface area contributed by atoms with Crippen molar-refractivity contribution in [1.29, 1.82) is 0 Å². The molecule has 9 heteroatoms. The number of hydrogen-bond donors (Lipinski definition) is 0. The number of hydrogen-bond acceptors (Lipinski definition) is 7. The van der Waals surface area contributed by atoms with Gasteiger partial charge in [0.05, 0.1) is 7.11 Å². The number of sulfone groups is 1. The van der Waals surface area contributed by atoms with Crippen LogP contribution in [0.15, 0.2) is 33.9 Å². The molecule has 0 aliphatic carbocycles. The number of piperidine rings is 1. The van der Waals surface area contributed by atoms with E-state index >= 15 is 0 Å². The molecule has 0 spiro atoms. The van der Waals surface area contributed by atoms with Gasteiger partial charge in [-0.1, -0.05) is 18.1 Å². The van der Waals surface area contributed by atoms with Crippen LogP contribution in [-0.2, 0) is 14.6 Å². The minimum atomic E-state index is -4.01. The third-order valence-corrected chi connectivity index (χ3v) is 6.05. The van der Waals surface area contributed by atoms with E-state index < -0.39 is 26.7 Å². The molecule has 0 bridgehead atoms. The molecule has 1 amide bonds. The lowest BCUT2D eigenvalue weighted by Crippen LogP contribution is -2.45. The molecule has 1 aliphatic rings. The van der Waals surface area contributed by atoms with Crippen LogP contribution >= 0.6 is 0 Å². The molecule has 1 aromatic carbocycles. The second-order valence-electron chi connectivity index (χ2n) is 6.51. The van der Waals surface area contributed by atoms with Gasteiger partial charge in [-0.15, -0.1) is 5.10 Å². The van der Waals surface area contributed by atoms with Crippen LogP contribution in [0.25, 0.3) is 11.5 Å². The Morgan fingerprint density at radius 2 is 2.15 bits per heavy atom. The van der Waals surface area contributed by atoms with Crippen LogP contribution in [0.1, 0.15) is 32.6 Å². The number of likely N-dealkylation sites (tertiary alicyclic amines) is 1. The maximum atomic E-state index is 12.6. The van der Waals surface area contributed by atoms with Gasteiger partial charge in [0.2, 0.25) is 21.6 Å². The van der Waals surface area contributed by atoms with Crippen LogP contribution in [0.4, 0.5) is 0 Å². The molecule has 1 aliphatic heterocycles. The number of methoxy groups -OCH3 is 1. The zero-order chi connectivity index (χ0) is 19.4. The molecule has 1 saturated heterocycles. The van der Waals surface area contributed by atoms with E-state index in [1.807, 2.05) is 6.92 Å². The fraction of sp³-hybridized carbons (Fsp3) is 0.500. The van der Waals surface area contributed by atoms with Gasteiger partial charge < -0.3 is 14.1 Å². The predicted molar refractivity (Wildman–Crippen MR) is 98.0 cm³/mol. The van der Waals surface area contributed by atoms with Crippen molar-refractivity contribution in [3.05, 3.63) is 24.3 Å². The molecule has 146 valence electrons. The van der Waals surface area contributed by atoms with Crippen molar-refractivity contribution in [2.45, 2.75) is 43.9 Å². The summed E-state index contributed by atoms with van der Waals surface area (Å²) in [5.41, 5.74) is 0.539. The first-order chi connectivity index (χ1) is 12.9. The highest BCUT2D eigenvalue weighted by Gasteiger charge is 2.32. The molecular weight excluding hydrogens is 370 g/mol. The maximum Gasteiger partial charge on any atom is 0.336 e. The molecule has 1 fully saturated rings. The zero-order valence-corrected chi connectivity index (χ0v) is 16.2. The van der Waals surface area contributed by atoms with Crippen molar-refractivity contribution in [3.63, 3.8) is 0 Å². The number of benzene rings is 1. The highest BCUT2D eigenvalue weighted by atomic mass is 32.2. The average Bonchev–Trinajstić information content (AvgIpc) is 3.19. The first-order valence-corrected chi connectivity index (χ1v) is 10.6. The van der Waals surface area contributed by atoms with Gasteiger partial charge in [0.1, 0.15) is 11.5 Å². The number of rotatable bonds is 6. The summed E-state index contributed by atoms with van der Waals surface area (Å²) < 4.78 is 35.6. The number of ether oxygens (including phenoxy) is 1. The largest absolute Gasteiger partial charge is 0.497 e. The molecule has 1 aromatic heterocycles. The van der Waals surface area contributed by atoms with Gasteiger partial charge in [-0.25, -0.2) is 8.42 Å². The zero-order valence-electron chi connectivity index (χ0n) is 15.4. The lowest BCUT2D eigenvalue weighted by molar-refractivity contribution is -0.132. The van der Waals surface area contributed by atoms with Gasteiger partial charge in [0.25, 0.3) is 0 Å².